The summed E-state index contributed by atoms with van der Waals surface area (Å²) in [5.74, 6) is 0.843. The van der Waals surface area contributed by atoms with Crippen molar-refractivity contribution in [1.29, 1.82) is 0 Å². The third-order valence-corrected chi connectivity index (χ3v) is 4.35. The van der Waals surface area contributed by atoms with E-state index >= 15 is 0 Å². The van der Waals surface area contributed by atoms with Gasteiger partial charge in [-0.1, -0.05) is 11.6 Å². The summed E-state index contributed by atoms with van der Waals surface area (Å²) in [6.07, 6.45) is 7.18. The molecule has 0 spiro atoms. The zero-order valence-corrected chi connectivity index (χ0v) is 10.8. The van der Waals surface area contributed by atoms with Gasteiger partial charge in [0.15, 0.2) is 11.0 Å². The molecule has 0 N–H and O–H groups in total. The molecule has 2 bridgehead atoms. The number of anilines is 1. The van der Waals surface area contributed by atoms with Crippen LogP contribution < -0.4 is 4.90 Å². The van der Waals surface area contributed by atoms with Gasteiger partial charge in [-0.05, 0) is 26.3 Å². The standard InChI is InChI=1S/C12H17ClN4/c1-16-9-2-3-10(16)8-17(7-4-9)12-11(13)14-5-6-15-12/h5-6,9-10H,2-4,7-8H2,1H3. The van der Waals surface area contributed by atoms with Gasteiger partial charge in [0.1, 0.15) is 0 Å². The number of likely N-dealkylation sites (N-methyl/N-ethyl adjacent to an activating group) is 1. The van der Waals surface area contributed by atoms with Gasteiger partial charge in [0.2, 0.25) is 0 Å². The van der Waals surface area contributed by atoms with Gasteiger partial charge >= 0.3 is 0 Å². The first-order valence-electron chi connectivity index (χ1n) is 6.19. The van der Waals surface area contributed by atoms with Gasteiger partial charge in [-0.2, -0.15) is 0 Å². The van der Waals surface area contributed by atoms with Gasteiger partial charge in [0, 0.05) is 37.6 Å². The third-order valence-electron chi connectivity index (χ3n) is 4.08. The molecule has 2 unspecified atom stereocenters. The average Bonchev–Trinajstić information content (AvgIpc) is 2.55. The zero-order chi connectivity index (χ0) is 11.8. The number of rotatable bonds is 1. The van der Waals surface area contributed by atoms with E-state index in [2.05, 4.69) is 26.8 Å². The molecule has 0 amide bonds. The van der Waals surface area contributed by atoms with Crippen molar-refractivity contribution in [3.05, 3.63) is 17.5 Å². The number of nitrogens with zero attached hydrogens (tertiary/aromatic N) is 4. The van der Waals surface area contributed by atoms with Crippen molar-refractivity contribution in [2.75, 3.05) is 25.0 Å². The molecule has 2 atom stereocenters. The predicted molar refractivity (Wildman–Crippen MR) is 68.4 cm³/mol. The van der Waals surface area contributed by atoms with Crippen LogP contribution >= 0.6 is 11.6 Å². The third kappa shape index (κ3) is 2.00. The van der Waals surface area contributed by atoms with Crippen molar-refractivity contribution in [1.82, 2.24) is 14.9 Å². The topological polar surface area (TPSA) is 32.3 Å². The lowest BCUT2D eigenvalue weighted by Gasteiger charge is -2.26. The van der Waals surface area contributed by atoms with Crippen molar-refractivity contribution >= 4 is 17.4 Å². The van der Waals surface area contributed by atoms with Crippen molar-refractivity contribution in [2.45, 2.75) is 31.3 Å². The summed E-state index contributed by atoms with van der Waals surface area (Å²) >= 11 is 6.12. The summed E-state index contributed by atoms with van der Waals surface area (Å²) in [6.45, 7) is 2.05. The Kier molecular flexibility index (Phi) is 2.92. The van der Waals surface area contributed by atoms with E-state index in [4.69, 9.17) is 11.6 Å². The molecule has 0 aromatic carbocycles. The number of halogens is 1. The molecule has 2 saturated heterocycles. The SMILES string of the molecule is CN1C2CCC1CN(c1nccnc1Cl)CC2. The number of hydrogen-bond acceptors (Lipinski definition) is 4. The zero-order valence-electron chi connectivity index (χ0n) is 10.0. The Hall–Kier alpha value is -0.870. The lowest BCUT2D eigenvalue weighted by atomic mass is 10.1. The first-order valence-corrected chi connectivity index (χ1v) is 6.57. The molecule has 4 nitrogen and oxygen atoms in total. The van der Waals surface area contributed by atoms with E-state index in [0.29, 0.717) is 11.2 Å². The fraction of sp³-hybridized carbons (Fsp3) is 0.667. The van der Waals surface area contributed by atoms with Crippen LogP contribution in [0.25, 0.3) is 0 Å². The van der Waals surface area contributed by atoms with E-state index < -0.39 is 0 Å². The Morgan fingerprint density at radius 3 is 2.76 bits per heavy atom. The summed E-state index contributed by atoms with van der Waals surface area (Å²) in [7, 11) is 2.24. The Morgan fingerprint density at radius 1 is 1.18 bits per heavy atom. The van der Waals surface area contributed by atoms with Crippen LogP contribution in [0.1, 0.15) is 19.3 Å². The van der Waals surface area contributed by atoms with Gasteiger partial charge in [-0.3, -0.25) is 4.90 Å². The molecule has 17 heavy (non-hydrogen) atoms. The highest BCUT2D eigenvalue weighted by Crippen LogP contribution is 2.31. The normalized spacial score (nSPS) is 29.4. The van der Waals surface area contributed by atoms with E-state index in [1.165, 1.54) is 19.3 Å². The van der Waals surface area contributed by atoms with Gasteiger partial charge < -0.3 is 4.90 Å². The molecule has 3 rings (SSSR count). The monoisotopic (exact) mass is 252 g/mol. The van der Waals surface area contributed by atoms with Crippen LogP contribution in [0.2, 0.25) is 5.15 Å². The molecule has 92 valence electrons. The fourth-order valence-corrected chi connectivity index (χ4v) is 3.25. The molecule has 2 aliphatic rings. The Morgan fingerprint density at radius 2 is 1.94 bits per heavy atom. The summed E-state index contributed by atoms with van der Waals surface area (Å²) in [5.41, 5.74) is 0. The highest BCUT2D eigenvalue weighted by Gasteiger charge is 2.35. The first-order chi connectivity index (χ1) is 8.25. The van der Waals surface area contributed by atoms with Gasteiger partial charge in [0.05, 0.1) is 0 Å². The van der Waals surface area contributed by atoms with E-state index in [1.807, 2.05) is 0 Å². The van der Waals surface area contributed by atoms with Crippen molar-refractivity contribution < 1.29 is 0 Å². The summed E-state index contributed by atoms with van der Waals surface area (Å²) < 4.78 is 0. The molecule has 3 heterocycles. The van der Waals surface area contributed by atoms with Crippen LogP contribution in [-0.4, -0.2) is 47.1 Å². The largest absolute Gasteiger partial charge is 0.352 e. The Bertz CT molecular complexity index is 411. The van der Waals surface area contributed by atoms with Crippen molar-refractivity contribution in [2.24, 2.45) is 0 Å². The number of aromatic nitrogens is 2. The molecule has 1 aromatic heterocycles. The molecular weight excluding hydrogens is 236 g/mol. The second kappa shape index (κ2) is 4.42. The number of fused-ring (bicyclic) bond motifs is 2. The molecule has 2 fully saturated rings. The molecular formula is C12H17ClN4. The minimum absolute atomic E-state index is 0.521. The van der Waals surface area contributed by atoms with Crippen LogP contribution in [0.5, 0.6) is 0 Å². The highest BCUT2D eigenvalue weighted by molar-refractivity contribution is 6.31. The second-order valence-corrected chi connectivity index (χ2v) is 5.31. The predicted octanol–water partition coefficient (Wildman–Crippen LogP) is 1.80. The van der Waals surface area contributed by atoms with Crippen LogP contribution in [0, 0.1) is 0 Å². The lowest BCUT2D eigenvalue weighted by molar-refractivity contribution is 0.254. The smallest absolute Gasteiger partial charge is 0.171 e. The average molecular weight is 253 g/mol. The molecule has 0 aliphatic carbocycles. The molecule has 0 saturated carbocycles. The molecule has 0 radical (unpaired) electrons. The summed E-state index contributed by atoms with van der Waals surface area (Å²) in [5, 5.41) is 0.521. The Balaban J connectivity index is 1.84. The molecule has 5 heteroatoms. The highest BCUT2D eigenvalue weighted by atomic mass is 35.5. The second-order valence-electron chi connectivity index (χ2n) is 4.96. The van der Waals surface area contributed by atoms with E-state index in [0.717, 1.165) is 24.9 Å². The van der Waals surface area contributed by atoms with Crippen LogP contribution in [0.15, 0.2) is 12.4 Å². The lowest BCUT2D eigenvalue weighted by Crippen LogP contribution is -2.37. The van der Waals surface area contributed by atoms with Crippen molar-refractivity contribution in [3.63, 3.8) is 0 Å². The first kappa shape index (κ1) is 11.2. The van der Waals surface area contributed by atoms with E-state index in [1.54, 1.807) is 12.4 Å². The van der Waals surface area contributed by atoms with Crippen LogP contribution in [0.4, 0.5) is 5.82 Å². The quantitative estimate of drug-likeness (QED) is 0.763. The maximum Gasteiger partial charge on any atom is 0.171 e. The fourth-order valence-electron chi connectivity index (χ4n) is 3.03. The minimum atomic E-state index is 0.521. The summed E-state index contributed by atoms with van der Waals surface area (Å²) in [4.78, 5) is 13.3. The molecule has 1 aromatic rings. The minimum Gasteiger partial charge on any atom is -0.352 e. The maximum absolute atomic E-state index is 6.12. The maximum atomic E-state index is 6.12. The van der Waals surface area contributed by atoms with E-state index in [-0.39, 0.29) is 0 Å². The van der Waals surface area contributed by atoms with Crippen LogP contribution in [0.3, 0.4) is 0 Å². The van der Waals surface area contributed by atoms with Crippen LogP contribution in [-0.2, 0) is 0 Å². The van der Waals surface area contributed by atoms with Gasteiger partial charge in [-0.25, -0.2) is 9.97 Å². The van der Waals surface area contributed by atoms with Gasteiger partial charge in [-0.15, -0.1) is 0 Å². The summed E-state index contributed by atoms with van der Waals surface area (Å²) in [6, 6.07) is 1.38. The van der Waals surface area contributed by atoms with Gasteiger partial charge in [0.25, 0.3) is 0 Å². The van der Waals surface area contributed by atoms with Crippen molar-refractivity contribution in [3.8, 4) is 0 Å². The number of hydrogen-bond donors (Lipinski definition) is 0. The van der Waals surface area contributed by atoms with E-state index in [9.17, 15) is 0 Å². The Labute approximate surface area is 107 Å². The molecule has 2 aliphatic heterocycles.